The molecule has 11 heteroatoms. The highest BCUT2D eigenvalue weighted by molar-refractivity contribution is 6.24. The van der Waals surface area contributed by atoms with E-state index in [0.29, 0.717) is 77.7 Å². The molecule has 7 nitrogen and oxygen atoms in total. The molecule has 2 heterocycles. The van der Waals surface area contributed by atoms with Crippen molar-refractivity contribution < 1.29 is 17.6 Å². The maximum Gasteiger partial charge on any atom is 0.197 e. The number of pyridine rings is 1. The van der Waals surface area contributed by atoms with Gasteiger partial charge in [0.05, 0.1) is 64.0 Å². The Labute approximate surface area is 303 Å². The van der Waals surface area contributed by atoms with Crippen LogP contribution in [-0.2, 0) is 0 Å². The molecule has 0 aliphatic carbocycles. The Morgan fingerprint density at radius 3 is 1.70 bits per heavy atom. The first-order valence-corrected chi connectivity index (χ1v) is 16.1. The van der Waals surface area contributed by atoms with E-state index in [-0.39, 0.29) is 11.3 Å². The van der Waals surface area contributed by atoms with Crippen molar-refractivity contribution in [2.45, 2.75) is 0 Å². The predicted octanol–water partition coefficient (Wildman–Crippen LogP) is 11.4. The average Bonchev–Trinajstić information content (AvgIpc) is 3.22. The molecule has 2 aromatic heterocycles. The molecule has 8 rings (SSSR count). The van der Waals surface area contributed by atoms with Gasteiger partial charge in [-0.25, -0.2) is 42.2 Å². The number of nitriles is 2. The van der Waals surface area contributed by atoms with E-state index in [4.69, 9.17) is 33.4 Å². The van der Waals surface area contributed by atoms with E-state index in [2.05, 4.69) is 15.8 Å². The molecule has 6 aromatic carbocycles. The first-order valence-electron chi connectivity index (χ1n) is 16.1. The largest absolute Gasteiger partial charge is 0.247 e. The van der Waals surface area contributed by atoms with Crippen LogP contribution in [0.3, 0.4) is 0 Å². The smallest absolute Gasteiger partial charge is 0.197 e. The zero-order valence-corrected chi connectivity index (χ0v) is 27.5. The Hall–Kier alpha value is -7.99. The summed E-state index contributed by atoms with van der Waals surface area (Å²) in [5.41, 5.74) is 2.87. The van der Waals surface area contributed by atoms with Gasteiger partial charge in [-0.2, -0.15) is 10.5 Å². The summed E-state index contributed by atoms with van der Waals surface area (Å²) in [4.78, 5) is 22.6. The molecule has 54 heavy (non-hydrogen) atoms. The Kier molecular flexibility index (Phi) is 7.96. The minimum atomic E-state index is -1.80. The van der Waals surface area contributed by atoms with Crippen molar-refractivity contribution >= 4 is 44.1 Å². The molecule has 0 saturated carbocycles. The Bertz CT molecular complexity index is 3030. The van der Waals surface area contributed by atoms with Gasteiger partial charge < -0.3 is 0 Å². The molecule has 0 spiro atoms. The number of para-hydroxylation sites is 1. The third-order valence-electron chi connectivity index (χ3n) is 9.08. The molecule has 8 aromatic rings. The van der Waals surface area contributed by atoms with E-state index < -0.39 is 34.4 Å². The van der Waals surface area contributed by atoms with E-state index in [9.17, 15) is 14.0 Å². The number of aromatic nitrogens is 3. The fourth-order valence-electron chi connectivity index (χ4n) is 6.52. The number of benzene rings is 6. The van der Waals surface area contributed by atoms with E-state index in [1.807, 2.05) is 12.1 Å². The summed E-state index contributed by atoms with van der Waals surface area (Å²) < 4.78 is 59.2. The number of nitrogens with zero attached hydrogens (tertiary/aromatic N) is 7. The highest BCUT2D eigenvalue weighted by Crippen LogP contribution is 2.44. The van der Waals surface area contributed by atoms with Gasteiger partial charge in [0.1, 0.15) is 11.6 Å². The standard InChI is InChI=1S/C43H17F4N7/c1-50-27-17-15-26(16-18-27)41-42(25-9-7-22(20-48)8-10-25)54-43-32(53-41)19-31(51-2)34-28-5-3-4-6-30(28)52-40(35(34)43)24-13-11-23(12-14-24)33-38(46)36(44)29(21-49)37(45)39(33)47/h3-19H. The molecule has 252 valence electrons. The summed E-state index contributed by atoms with van der Waals surface area (Å²) in [5.74, 6) is -7.00. The lowest BCUT2D eigenvalue weighted by atomic mass is 9.94. The number of halogens is 4. The van der Waals surface area contributed by atoms with Crippen LogP contribution < -0.4 is 0 Å². The van der Waals surface area contributed by atoms with Crippen LogP contribution in [0.5, 0.6) is 0 Å². The number of rotatable bonds is 4. The lowest BCUT2D eigenvalue weighted by Gasteiger charge is -2.17. The van der Waals surface area contributed by atoms with Gasteiger partial charge in [-0.1, -0.05) is 78.9 Å². The Morgan fingerprint density at radius 1 is 0.537 bits per heavy atom. The molecule has 0 unspecified atom stereocenters. The number of hydrogen-bond acceptors (Lipinski definition) is 5. The van der Waals surface area contributed by atoms with Crippen molar-refractivity contribution in [2.24, 2.45) is 0 Å². The van der Waals surface area contributed by atoms with Crippen molar-refractivity contribution in [2.75, 3.05) is 0 Å². The van der Waals surface area contributed by atoms with Crippen molar-refractivity contribution in [3.05, 3.63) is 160 Å². The normalized spacial score (nSPS) is 10.9. The highest BCUT2D eigenvalue weighted by atomic mass is 19.2. The van der Waals surface area contributed by atoms with Crippen LogP contribution in [0, 0.1) is 59.1 Å². The highest BCUT2D eigenvalue weighted by Gasteiger charge is 2.27. The van der Waals surface area contributed by atoms with Crippen LogP contribution in [0.15, 0.2) is 103 Å². The number of hydrogen-bond donors (Lipinski definition) is 0. The summed E-state index contributed by atoms with van der Waals surface area (Å²) in [6.45, 7) is 15.6. The molecule has 0 bridgehead atoms. The molecule has 0 N–H and O–H groups in total. The second kappa shape index (κ2) is 13.0. The molecule has 0 fully saturated rings. The van der Waals surface area contributed by atoms with Crippen LogP contribution >= 0.6 is 0 Å². The minimum Gasteiger partial charge on any atom is -0.247 e. The van der Waals surface area contributed by atoms with Crippen molar-refractivity contribution in [1.82, 2.24) is 15.0 Å². The van der Waals surface area contributed by atoms with E-state index in [1.54, 1.807) is 66.7 Å². The van der Waals surface area contributed by atoms with Crippen molar-refractivity contribution in [1.29, 1.82) is 10.5 Å². The predicted molar refractivity (Wildman–Crippen MR) is 196 cm³/mol. The fraction of sp³-hybridized carbons (Fsp3) is 0. The van der Waals surface area contributed by atoms with Crippen molar-refractivity contribution in [3.8, 4) is 57.0 Å². The van der Waals surface area contributed by atoms with Crippen molar-refractivity contribution in [3.63, 3.8) is 0 Å². The van der Waals surface area contributed by atoms with Gasteiger partial charge in [0.2, 0.25) is 0 Å². The van der Waals surface area contributed by atoms with Crippen LogP contribution in [0.1, 0.15) is 11.1 Å². The molecule has 0 saturated heterocycles. The average molecular weight is 708 g/mol. The molecular formula is C43H17F4N7. The molecule has 0 aliphatic rings. The Balaban J connectivity index is 1.45. The third-order valence-corrected chi connectivity index (χ3v) is 9.08. The fourth-order valence-corrected chi connectivity index (χ4v) is 6.52. The third kappa shape index (κ3) is 5.21. The second-order valence-corrected chi connectivity index (χ2v) is 12.1. The quantitative estimate of drug-likeness (QED) is 0.0785. The zero-order valence-electron chi connectivity index (χ0n) is 27.5. The Morgan fingerprint density at radius 2 is 1.09 bits per heavy atom. The van der Waals surface area contributed by atoms with E-state index in [0.717, 1.165) is 6.07 Å². The van der Waals surface area contributed by atoms with Gasteiger partial charge in [0, 0.05) is 21.9 Å². The molecular weight excluding hydrogens is 691 g/mol. The maximum absolute atomic E-state index is 15.0. The monoisotopic (exact) mass is 707 g/mol. The first kappa shape index (κ1) is 33.2. The summed E-state index contributed by atoms with van der Waals surface area (Å²) in [6, 6.07) is 31.3. The van der Waals surface area contributed by atoms with E-state index >= 15 is 8.78 Å². The van der Waals surface area contributed by atoms with Gasteiger partial charge in [-0.05, 0) is 40.8 Å². The molecule has 0 amide bonds. The summed E-state index contributed by atoms with van der Waals surface area (Å²) in [7, 11) is 0. The maximum atomic E-state index is 15.0. The summed E-state index contributed by atoms with van der Waals surface area (Å²) in [5, 5.41) is 20.1. The lowest BCUT2D eigenvalue weighted by molar-refractivity contribution is 0.454. The van der Waals surface area contributed by atoms with Gasteiger partial charge in [0.15, 0.2) is 34.6 Å². The van der Waals surface area contributed by atoms with Crippen LogP contribution in [0.4, 0.5) is 28.9 Å². The van der Waals surface area contributed by atoms with Gasteiger partial charge >= 0.3 is 0 Å². The van der Waals surface area contributed by atoms with Crippen LogP contribution in [0.25, 0.3) is 87.3 Å². The summed E-state index contributed by atoms with van der Waals surface area (Å²) in [6.07, 6.45) is 0. The van der Waals surface area contributed by atoms with Gasteiger partial charge in [-0.15, -0.1) is 0 Å². The van der Waals surface area contributed by atoms with Crippen LogP contribution in [0.2, 0.25) is 0 Å². The van der Waals surface area contributed by atoms with Crippen LogP contribution in [-0.4, -0.2) is 15.0 Å². The van der Waals surface area contributed by atoms with E-state index in [1.165, 1.54) is 24.3 Å². The lowest BCUT2D eigenvalue weighted by Crippen LogP contribution is -2.03. The second-order valence-electron chi connectivity index (χ2n) is 12.1. The minimum absolute atomic E-state index is 0.190. The SMILES string of the molecule is [C-]#[N+]c1ccc(-c2nc3cc([N+]#[C-])c4c5ccccc5nc(-c5ccc(-c6c(F)c(F)c(C#N)c(F)c6F)cc5)c4c3nc2-c2ccc(C#N)cc2)cc1. The van der Waals surface area contributed by atoms with Gasteiger partial charge in [0.25, 0.3) is 0 Å². The molecule has 0 atom stereocenters. The topological polar surface area (TPSA) is 95.0 Å². The molecule has 0 radical (unpaired) electrons. The molecule has 0 aliphatic heterocycles. The number of fused-ring (bicyclic) bond motifs is 5. The zero-order chi connectivity index (χ0) is 37.7. The first-order chi connectivity index (χ1) is 26.3. The summed E-state index contributed by atoms with van der Waals surface area (Å²) >= 11 is 0. The van der Waals surface area contributed by atoms with Gasteiger partial charge in [-0.3, -0.25) is 0 Å².